The lowest BCUT2D eigenvalue weighted by Crippen LogP contribution is -2.32. The van der Waals surface area contributed by atoms with Gasteiger partial charge in [0, 0.05) is 12.2 Å². The number of carbonyl (C=O) groups is 1. The minimum Gasteiger partial charge on any atom is -0.470 e. The summed E-state index contributed by atoms with van der Waals surface area (Å²) < 4.78 is 7.20. The topological polar surface area (TPSA) is 56.2 Å². The van der Waals surface area contributed by atoms with Gasteiger partial charge in [-0.15, -0.1) is 0 Å². The maximum absolute atomic E-state index is 12.0. The summed E-state index contributed by atoms with van der Waals surface area (Å²) in [7, 11) is 0. The second-order valence-electron chi connectivity index (χ2n) is 5.23. The van der Waals surface area contributed by atoms with E-state index in [-0.39, 0.29) is 18.7 Å². The second kappa shape index (κ2) is 7.31. The van der Waals surface area contributed by atoms with Crippen molar-refractivity contribution in [3.8, 4) is 5.75 Å². The molecule has 0 radical (unpaired) electrons. The van der Waals surface area contributed by atoms with Crippen molar-refractivity contribution in [3.63, 3.8) is 0 Å². The predicted octanol–water partition coefficient (Wildman–Crippen LogP) is 3.41. The third-order valence-corrected chi connectivity index (χ3v) is 3.61. The Labute approximate surface area is 135 Å². The van der Waals surface area contributed by atoms with E-state index in [1.165, 1.54) is 0 Å². The Kier molecular flexibility index (Phi) is 5.44. The van der Waals surface area contributed by atoms with Crippen molar-refractivity contribution in [2.75, 3.05) is 0 Å². The van der Waals surface area contributed by atoms with E-state index in [9.17, 15) is 4.79 Å². The Bertz CT molecular complexity index is 655. The van der Waals surface area contributed by atoms with Crippen LogP contribution in [-0.4, -0.2) is 21.7 Å². The Morgan fingerprint density at radius 1 is 1.45 bits per heavy atom. The molecule has 0 aliphatic carbocycles. The maximum Gasteiger partial charge on any atom is 0.271 e. The molecule has 0 aliphatic rings. The Balaban J connectivity index is 1.97. The summed E-state index contributed by atoms with van der Waals surface area (Å²) in [5, 5.41) is 7.62. The van der Waals surface area contributed by atoms with Crippen LogP contribution in [0.3, 0.4) is 0 Å². The molecule has 22 heavy (non-hydrogen) atoms. The van der Waals surface area contributed by atoms with Crippen molar-refractivity contribution in [2.45, 2.75) is 40.0 Å². The van der Waals surface area contributed by atoms with Crippen LogP contribution >= 0.6 is 11.6 Å². The van der Waals surface area contributed by atoms with Gasteiger partial charge in [0.2, 0.25) is 0 Å². The molecular formula is C16H20ClN3O2. The molecule has 1 aromatic heterocycles. The average Bonchev–Trinajstić information content (AvgIpc) is 2.97. The van der Waals surface area contributed by atoms with Crippen LogP contribution in [0.4, 0.5) is 0 Å². The highest BCUT2D eigenvalue weighted by molar-refractivity contribution is 6.32. The molecule has 0 saturated heterocycles. The van der Waals surface area contributed by atoms with Crippen LogP contribution < -0.4 is 10.1 Å². The molecule has 0 aliphatic heterocycles. The van der Waals surface area contributed by atoms with E-state index in [1.807, 2.05) is 32.9 Å². The van der Waals surface area contributed by atoms with Crippen molar-refractivity contribution in [3.05, 3.63) is 46.7 Å². The Hall–Kier alpha value is -2.01. The van der Waals surface area contributed by atoms with Crippen molar-refractivity contribution < 1.29 is 9.53 Å². The molecule has 118 valence electrons. The lowest BCUT2D eigenvalue weighted by Gasteiger charge is -2.10. The monoisotopic (exact) mass is 321 g/mol. The van der Waals surface area contributed by atoms with Crippen LogP contribution in [-0.2, 0) is 6.73 Å². The molecule has 1 atom stereocenters. The SMILES string of the molecule is CCC(C)NC(=O)c1ccn(COc2cc(C)ccc2Cl)n1. The molecule has 0 fully saturated rings. The molecule has 2 rings (SSSR count). The number of hydrogen-bond donors (Lipinski definition) is 1. The van der Waals surface area contributed by atoms with Crippen molar-refractivity contribution in [1.29, 1.82) is 0 Å². The van der Waals surface area contributed by atoms with E-state index in [4.69, 9.17) is 16.3 Å². The summed E-state index contributed by atoms with van der Waals surface area (Å²) in [6, 6.07) is 7.36. The fraction of sp³-hybridized carbons (Fsp3) is 0.375. The van der Waals surface area contributed by atoms with Gasteiger partial charge in [0.15, 0.2) is 6.73 Å². The number of rotatable bonds is 6. The molecule has 1 heterocycles. The van der Waals surface area contributed by atoms with E-state index >= 15 is 0 Å². The molecule has 1 aromatic carbocycles. The molecule has 0 bridgehead atoms. The summed E-state index contributed by atoms with van der Waals surface area (Å²) in [4.78, 5) is 12.0. The van der Waals surface area contributed by atoms with Gasteiger partial charge in [-0.1, -0.05) is 24.6 Å². The van der Waals surface area contributed by atoms with Gasteiger partial charge in [0.25, 0.3) is 5.91 Å². The third kappa shape index (κ3) is 4.24. The van der Waals surface area contributed by atoms with E-state index in [1.54, 1.807) is 23.0 Å². The van der Waals surface area contributed by atoms with Gasteiger partial charge >= 0.3 is 0 Å². The molecule has 0 spiro atoms. The summed E-state index contributed by atoms with van der Waals surface area (Å²) in [5.74, 6) is 0.421. The zero-order valence-corrected chi connectivity index (χ0v) is 13.7. The molecule has 5 nitrogen and oxygen atoms in total. The van der Waals surface area contributed by atoms with Crippen LogP contribution in [0.2, 0.25) is 5.02 Å². The van der Waals surface area contributed by atoms with Crippen LogP contribution in [0.25, 0.3) is 0 Å². The van der Waals surface area contributed by atoms with E-state index in [0.717, 1.165) is 12.0 Å². The Morgan fingerprint density at radius 2 is 2.23 bits per heavy atom. The first kappa shape index (κ1) is 16.4. The highest BCUT2D eigenvalue weighted by Gasteiger charge is 2.12. The predicted molar refractivity (Wildman–Crippen MR) is 86.3 cm³/mol. The molecule has 2 aromatic rings. The summed E-state index contributed by atoms with van der Waals surface area (Å²) in [5.41, 5.74) is 1.44. The molecular weight excluding hydrogens is 302 g/mol. The van der Waals surface area contributed by atoms with E-state index in [0.29, 0.717) is 16.5 Å². The van der Waals surface area contributed by atoms with Crippen molar-refractivity contribution in [2.24, 2.45) is 0 Å². The number of ether oxygens (including phenoxy) is 1. The van der Waals surface area contributed by atoms with Gasteiger partial charge in [-0.3, -0.25) is 4.79 Å². The summed E-state index contributed by atoms with van der Waals surface area (Å²) >= 11 is 6.07. The normalized spacial score (nSPS) is 12.0. The first-order valence-corrected chi connectivity index (χ1v) is 7.60. The van der Waals surface area contributed by atoms with Crippen molar-refractivity contribution in [1.82, 2.24) is 15.1 Å². The molecule has 1 unspecified atom stereocenters. The first-order valence-electron chi connectivity index (χ1n) is 7.23. The van der Waals surface area contributed by atoms with Crippen LogP contribution in [0.1, 0.15) is 36.3 Å². The number of nitrogens with one attached hydrogen (secondary N) is 1. The van der Waals surface area contributed by atoms with Gasteiger partial charge < -0.3 is 10.1 Å². The van der Waals surface area contributed by atoms with E-state index in [2.05, 4.69) is 10.4 Å². The number of halogens is 1. The maximum atomic E-state index is 12.0. The van der Waals surface area contributed by atoms with E-state index < -0.39 is 0 Å². The number of amides is 1. The number of aryl methyl sites for hydroxylation is 1. The average molecular weight is 322 g/mol. The van der Waals surface area contributed by atoms with Crippen molar-refractivity contribution >= 4 is 17.5 Å². The molecule has 1 N–H and O–H groups in total. The second-order valence-corrected chi connectivity index (χ2v) is 5.64. The summed E-state index contributed by atoms with van der Waals surface area (Å²) in [6.07, 6.45) is 2.58. The number of carbonyl (C=O) groups excluding carboxylic acids is 1. The standard InChI is InChI=1S/C16H20ClN3O2/c1-4-12(3)18-16(21)14-7-8-20(19-14)10-22-15-9-11(2)5-6-13(15)17/h5-9,12H,4,10H2,1-3H3,(H,18,21). The third-order valence-electron chi connectivity index (χ3n) is 3.30. The minimum atomic E-state index is -0.179. The fourth-order valence-corrected chi connectivity index (χ4v) is 1.98. The largest absolute Gasteiger partial charge is 0.470 e. The highest BCUT2D eigenvalue weighted by Crippen LogP contribution is 2.25. The zero-order chi connectivity index (χ0) is 16.1. The molecule has 6 heteroatoms. The Morgan fingerprint density at radius 3 is 2.95 bits per heavy atom. The number of benzene rings is 1. The van der Waals surface area contributed by atoms with Crippen LogP contribution in [0.15, 0.2) is 30.5 Å². The van der Waals surface area contributed by atoms with Gasteiger partial charge in [-0.05, 0) is 44.0 Å². The lowest BCUT2D eigenvalue weighted by molar-refractivity contribution is 0.0932. The van der Waals surface area contributed by atoms with Gasteiger partial charge in [-0.2, -0.15) is 5.10 Å². The first-order chi connectivity index (χ1) is 10.5. The number of nitrogens with zero attached hydrogens (tertiary/aromatic N) is 2. The smallest absolute Gasteiger partial charge is 0.271 e. The fourth-order valence-electron chi connectivity index (χ4n) is 1.81. The lowest BCUT2D eigenvalue weighted by atomic mass is 10.2. The number of hydrogen-bond acceptors (Lipinski definition) is 3. The zero-order valence-electron chi connectivity index (χ0n) is 13.0. The minimum absolute atomic E-state index is 0.125. The summed E-state index contributed by atoms with van der Waals surface area (Å²) in [6.45, 7) is 6.13. The quantitative estimate of drug-likeness (QED) is 0.887. The molecule has 0 saturated carbocycles. The van der Waals surface area contributed by atoms with Gasteiger partial charge in [-0.25, -0.2) is 4.68 Å². The number of aromatic nitrogens is 2. The van der Waals surface area contributed by atoms with Gasteiger partial charge in [0.05, 0.1) is 5.02 Å². The van der Waals surface area contributed by atoms with Crippen LogP contribution in [0.5, 0.6) is 5.75 Å². The van der Waals surface area contributed by atoms with Crippen LogP contribution in [0, 0.1) is 6.92 Å². The highest BCUT2D eigenvalue weighted by atomic mass is 35.5. The molecule has 1 amide bonds. The van der Waals surface area contributed by atoms with Gasteiger partial charge in [0.1, 0.15) is 11.4 Å².